The van der Waals surface area contributed by atoms with Crippen LogP contribution in [-0.4, -0.2) is 22.1 Å². The number of hydrogen-bond donors (Lipinski definition) is 2. The molecule has 1 aromatic heterocycles. The quantitative estimate of drug-likeness (QED) is 0.888. The first-order valence-corrected chi connectivity index (χ1v) is 7.19. The van der Waals surface area contributed by atoms with Gasteiger partial charge >= 0.3 is 6.03 Å². The van der Waals surface area contributed by atoms with Crippen molar-refractivity contribution < 1.29 is 4.79 Å². The molecule has 1 atom stereocenters. The van der Waals surface area contributed by atoms with E-state index in [2.05, 4.69) is 29.5 Å². The molecule has 2 N–H and O–H groups in total. The van der Waals surface area contributed by atoms with Crippen molar-refractivity contribution in [2.24, 2.45) is 5.92 Å². The molecular weight excluding hydrogens is 264 g/mol. The van der Waals surface area contributed by atoms with Gasteiger partial charge < -0.3 is 15.2 Å². The van der Waals surface area contributed by atoms with Crippen LogP contribution in [-0.2, 0) is 0 Å². The number of hydrogen-bond acceptors (Lipinski definition) is 2. The largest absolute Gasteiger partial charge is 0.338 e. The summed E-state index contributed by atoms with van der Waals surface area (Å²) in [4.78, 5) is 15.8. The van der Waals surface area contributed by atoms with Crippen molar-refractivity contribution in [3.05, 3.63) is 48.5 Å². The van der Waals surface area contributed by atoms with Gasteiger partial charge in [0.05, 0.1) is 12.4 Å². The second-order valence-corrected chi connectivity index (χ2v) is 5.53. The second-order valence-electron chi connectivity index (χ2n) is 5.53. The number of aromatic nitrogens is 2. The fourth-order valence-corrected chi connectivity index (χ4v) is 1.97. The third-order valence-corrected chi connectivity index (χ3v) is 3.21. The van der Waals surface area contributed by atoms with E-state index in [0.717, 1.165) is 11.3 Å². The smallest absolute Gasteiger partial charge is 0.315 e. The van der Waals surface area contributed by atoms with E-state index < -0.39 is 0 Å². The van der Waals surface area contributed by atoms with Crippen molar-refractivity contribution >= 4 is 6.03 Å². The topological polar surface area (TPSA) is 59.0 Å². The lowest BCUT2D eigenvalue weighted by atomic mass is 10.1. The fourth-order valence-electron chi connectivity index (χ4n) is 1.97. The number of carbonyl (C=O) groups excluding carboxylic acids is 1. The number of amides is 2. The van der Waals surface area contributed by atoms with Gasteiger partial charge in [0.1, 0.15) is 0 Å². The molecule has 0 saturated carbocycles. The van der Waals surface area contributed by atoms with Crippen molar-refractivity contribution in [1.82, 2.24) is 20.2 Å². The van der Waals surface area contributed by atoms with Crippen LogP contribution in [0.2, 0.25) is 0 Å². The molecule has 2 aromatic rings. The molecule has 21 heavy (non-hydrogen) atoms. The molecule has 0 spiro atoms. The van der Waals surface area contributed by atoms with Crippen LogP contribution < -0.4 is 10.6 Å². The molecule has 0 fully saturated rings. The molecule has 0 unspecified atom stereocenters. The molecule has 5 heteroatoms. The van der Waals surface area contributed by atoms with Gasteiger partial charge in [0.15, 0.2) is 0 Å². The summed E-state index contributed by atoms with van der Waals surface area (Å²) < 4.78 is 1.94. The number of nitrogens with one attached hydrogen (secondary N) is 2. The SMILES string of the molecule is CC(C)CNC(=O)N[C@@H](C)c1ccc(-n2ccnc2)cc1. The molecule has 2 rings (SSSR count). The summed E-state index contributed by atoms with van der Waals surface area (Å²) in [6.07, 6.45) is 5.41. The normalized spacial score (nSPS) is 12.2. The van der Waals surface area contributed by atoms with Crippen LogP contribution in [0.5, 0.6) is 0 Å². The molecule has 0 aliphatic carbocycles. The van der Waals surface area contributed by atoms with E-state index in [0.29, 0.717) is 12.5 Å². The Balaban J connectivity index is 1.93. The molecule has 2 amide bonds. The summed E-state index contributed by atoms with van der Waals surface area (Å²) in [5, 5.41) is 5.79. The average molecular weight is 286 g/mol. The van der Waals surface area contributed by atoms with Crippen molar-refractivity contribution in [1.29, 1.82) is 0 Å². The molecule has 0 aliphatic heterocycles. The zero-order valence-corrected chi connectivity index (χ0v) is 12.7. The van der Waals surface area contributed by atoms with Gasteiger partial charge in [0.25, 0.3) is 0 Å². The molecule has 0 saturated heterocycles. The third kappa shape index (κ3) is 4.34. The van der Waals surface area contributed by atoms with Crippen molar-refractivity contribution in [2.45, 2.75) is 26.8 Å². The first-order chi connectivity index (χ1) is 10.1. The predicted molar refractivity (Wildman–Crippen MR) is 83.4 cm³/mol. The summed E-state index contributed by atoms with van der Waals surface area (Å²) in [5.41, 5.74) is 2.12. The summed E-state index contributed by atoms with van der Waals surface area (Å²) >= 11 is 0. The molecule has 112 valence electrons. The summed E-state index contributed by atoms with van der Waals surface area (Å²) in [5.74, 6) is 0.445. The van der Waals surface area contributed by atoms with Crippen molar-refractivity contribution in [3.8, 4) is 5.69 Å². The Labute approximate surface area is 125 Å². The summed E-state index contributed by atoms with van der Waals surface area (Å²) in [6.45, 7) is 6.79. The van der Waals surface area contributed by atoms with Gasteiger partial charge in [-0.25, -0.2) is 9.78 Å². The van der Waals surface area contributed by atoms with Gasteiger partial charge in [-0.3, -0.25) is 0 Å². The van der Waals surface area contributed by atoms with E-state index in [4.69, 9.17) is 0 Å². The van der Waals surface area contributed by atoms with E-state index >= 15 is 0 Å². The van der Waals surface area contributed by atoms with Crippen LogP contribution in [0.3, 0.4) is 0 Å². The fraction of sp³-hybridized carbons (Fsp3) is 0.375. The molecular formula is C16H22N4O. The molecule has 0 radical (unpaired) electrons. The Morgan fingerprint density at radius 2 is 1.95 bits per heavy atom. The highest BCUT2D eigenvalue weighted by Gasteiger charge is 2.09. The molecule has 5 nitrogen and oxygen atoms in total. The number of benzene rings is 1. The average Bonchev–Trinajstić information content (AvgIpc) is 2.99. The van der Waals surface area contributed by atoms with Gasteiger partial charge in [0.2, 0.25) is 0 Å². The standard InChI is InChI=1S/C16H22N4O/c1-12(2)10-18-16(21)19-13(3)14-4-6-15(7-5-14)20-9-8-17-11-20/h4-9,11-13H,10H2,1-3H3,(H2,18,19,21)/t13-/m0/s1. The summed E-state index contributed by atoms with van der Waals surface area (Å²) in [6, 6.07) is 7.90. The molecule has 1 heterocycles. The van der Waals surface area contributed by atoms with E-state index in [9.17, 15) is 4.79 Å². The van der Waals surface area contributed by atoms with E-state index in [1.807, 2.05) is 42.0 Å². The zero-order valence-electron chi connectivity index (χ0n) is 12.7. The lowest BCUT2D eigenvalue weighted by Crippen LogP contribution is -2.38. The Morgan fingerprint density at radius 3 is 2.52 bits per heavy atom. The highest BCUT2D eigenvalue weighted by molar-refractivity contribution is 5.74. The summed E-state index contributed by atoms with van der Waals surface area (Å²) in [7, 11) is 0. The number of rotatable bonds is 5. The Morgan fingerprint density at radius 1 is 1.24 bits per heavy atom. The van der Waals surface area contributed by atoms with Crippen LogP contribution in [0.4, 0.5) is 4.79 Å². The highest BCUT2D eigenvalue weighted by Crippen LogP contribution is 2.15. The maximum atomic E-state index is 11.8. The van der Waals surface area contributed by atoms with Crippen LogP contribution in [0.25, 0.3) is 5.69 Å². The zero-order chi connectivity index (χ0) is 15.2. The maximum absolute atomic E-state index is 11.8. The van der Waals surface area contributed by atoms with E-state index in [-0.39, 0.29) is 12.1 Å². The van der Waals surface area contributed by atoms with Gasteiger partial charge in [-0.05, 0) is 30.5 Å². The van der Waals surface area contributed by atoms with Crippen LogP contribution in [0.15, 0.2) is 43.0 Å². The number of imidazole rings is 1. The van der Waals surface area contributed by atoms with Gasteiger partial charge in [-0.1, -0.05) is 26.0 Å². The monoisotopic (exact) mass is 286 g/mol. The third-order valence-electron chi connectivity index (χ3n) is 3.21. The predicted octanol–water partition coefficient (Wildman–Crippen LogP) is 2.89. The molecule has 1 aromatic carbocycles. The van der Waals surface area contributed by atoms with E-state index in [1.165, 1.54) is 0 Å². The number of carbonyl (C=O) groups is 1. The van der Waals surface area contributed by atoms with Crippen molar-refractivity contribution in [2.75, 3.05) is 6.54 Å². The first kappa shape index (κ1) is 15.1. The lowest BCUT2D eigenvalue weighted by molar-refractivity contribution is 0.236. The number of urea groups is 1. The van der Waals surface area contributed by atoms with Crippen LogP contribution >= 0.6 is 0 Å². The minimum atomic E-state index is -0.130. The molecule has 0 bridgehead atoms. The van der Waals surface area contributed by atoms with Gasteiger partial charge in [-0.2, -0.15) is 0 Å². The number of nitrogens with zero attached hydrogens (tertiary/aromatic N) is 2. The lowest BCUT2D eigenvalue weighted by Gasteiger charge is -2.16. The Bertz CT molecular complexity index is 560. The van der Waals surface area contributed by atoms with Crippen molar-refractivity contribution in [3.63, 3.8) is 0 Å². The minimum absolute atomic E-state index is 0.0333. The Kier molecular flexibility index (Phi) is 4.98. The van der Waals surface area contributed by atoms with Crippen LogP contribution in [0.1, 0.15) is 32.4 Å². The van der Waals surface area contributed by atoms with Crippen LogP contribution in [0, 0.1) is 5.92 Å². The first-order valence-electron chi connectivity index (χ1n) is 7.19. The minimum Gasteiger partial charge on any atom is -0.338 e. The van der Waals surface area contributed by atoms with Gasteiger partial charge in [-0.15, -0.1) is 0 Å². The maximum Gasteiger partial charge on any atom is 0.315 e. The van der Waals surface area contributed by atoms with E-state index in [1.54, 1.807) is 12.5 Å². The second kappa shape index (κ2) is 6.92. The highest BCUT2D eigenvalue weighted by atomic mass is 16.2. The molecule has 0 aliphatic rings. The van der Waals surface area contributed by atoms with Gasteiger partial charge in [0, 0.05) is 24.6 Å². The Hall–Kier alpha value is -2.30.